The van der Waals surface area contributed by atoms with Crippen LogP contribution in [0.5, 0.6) is 0 Å². The molecule has 12 heavy (non-hydrogen) atoms. The van der Waals surface area contributed by atoms with Crippen molar-refractivity contribution < 1.29 is 14.6 Å². The molecule has 1 N–H and O–H groups in total. The van der Waals surface area contributed by atoms with Crippen molar-refractivity contribution >= 4 is 5.97 Å². The molecular weight excluding hydrogens is 158 g/mol. The number of allylic oxidation sites excluding steroid dienone is 1. The van der Waals surface area contributed by atoms with E-state index in [1.165, 1.54) is 7.11 Å². The normalized spacial score (nSPS) is 11.4. The minimum atomic E-state index is -1.19. The van der Waals surface area contributed by atoms with Crippen LogP contribution in [0.4, 0.5) is 0 Å². The first-order valence-corrected chi connectivity index (χ1v) is 3.57. The summed E-state index contributed by atoms with van der Waals surface area (Å²) in [5.41, 5.74) is 0.188. The van der Waals surface area contributed by atoms with Gasteiger partial charge in [0.05, 0.1) is 18.8 Å². The number of nitriles is 1. The number of methoxy groups -OCH3 is 1. The van der Waals surface area contributed by atoms with E-state index in [2.05, 4.69) is 4.74 Å². The van der Waals surface area contributed by atoms with Crippen molar-refractivity contribution in [2.45, 2.75) is 19.8 Å². The van der Waals surface area contributed by atoms with Gasteiger partial charge in [-0.3, -0.25) is 0 Å². The molecule has 0 saturated heterocycles. The fourth-order valence-corrected chi connectivity index (χ4v) is 0.810. The van der Waals surface area contributed by atoms with Crippen LogP contribution >= 0.6 is 0 Å². The summed E-state index contributed by atoms with van der Waals surface area (Å²) in [4.78, 5) is 10.5. The monoisotopic (exact) mass is 169 g/mol. The third-order valence-electron chi connectivity index (χ3n) is 1.31. The van der Waals surface area contributed by atoms with E-state index in [9.17, 15) is 4.79 Å². The van der Waals surface area contributed by atoms with Crippen LogP contribution in [0, 0.1) is 11.3 Å². The molecule has 0 aromatic rings. The smallest absolute Gasteiger partial charge is 0.372 e. The number of hydrogen-bond acceptors (Lipinski definition) is 3. The van der Waals surface area contributed by atoms with Gasteiger partial charge >= 0.3 is 5.97 Å². The first-order chi connectivity index (χ1) is 5.67. The Morgan fingerprint density at radius 3 is 2.50 bits per heavy atom. The summed E-state index contributed by atoms with van der Waals surface area (Å²) in [6.07, 6.45) is 1.16. The molecule has 0 atom stereocenters. The molecule has 66 valence electrons. The summed E-state index contributed by atoms with van der Waals surface area (Å²) in [7, 11) is 1.25. The highest BCUT2D eigenvalue weighted by atomic mass is 16.5. The number of rotatable bonds is 4. The minimum Gasteiger partial charge on any atom is -0.489 e. The molecule has 0 aliphatic heterocycles. The summed E-state index contributed by atoms with van der Waals surface area (Å²) < 4.78 is 4.57. The van der Waals surface area contributed by atoms with Crippen LogP contribution < -0.4 is 0 Å². The molecule has 0 amide bonds. The lowest BCUT2D eigenvalue weighted by Gasteiger charge is -2.02. The van der Waals surface area contributed by atoms with E-state index in [0.717, 1.165) is 6.42 Å². The third-order valence-corrected chi connectivity index (χ3v) is 1.31. The third kappa shape index (κ3) is 2.62. The molecule has 0 unspecified atom stereocenters. The molecule has 0 heterocycles. The number of ether oxygens (including phenoxy) is 1. The molecule has 0 fully saturated rings. The van der Waals surface area contributed by atoms with Crippen molar-refractivity contribution in [2.24, 2.45) is 0 Å². The zero-order chi connectivity index (χ0) is 9.56. The van der Waals surface area contributed by atoms with Gasteiger partial charge in [0.25, 0.3) is 0 Å². The molecule has 0 aliphatic rings. The Balaban J connectivity index is 4.77. The lowest BCUT2D eigenvalue weighted by Crippen LogP contribution is -2.06. The number of carbonyl (C=O) groups is 1. The highest BCUT2D eigenvalue weighted by Gasteiger charge is 2.13. The Labute approximate surface area is 71.1 Å². The number of carboxylic acid groups (broad SMARTS) is 1. The second-order valence-electron chi connectivity index (χ2n) is 2.18. The van der Waals surface area contributed by atoms with Crippen molar-refractivity contribution in [1.82, 2.24) is 0 Å². The Bertz CT molecular complexity index is 237. The van der Waals surface area contributed by atoms with Gasteiger partial charge < -0.3 is 9.84 Å². The first kappa shape index (κ1) is 10.5. The summed E-state index contributed by atoms with van der Waals surface area (Å²) in [6, 6.07) is 1.81. The van der Waals surface area contributed by atoms with Crippen LogP contribution in [0.2, 0.25) is 0 Å². The van der Waals surface area contributed by atoms with Crippen LogP contribution in [-0.2, 0) is 9.53 Å². The molecule has 0 spiro atoms. The van der Waals surface area contributed by atoms with Gasteiger partial charge in [0.15, 0.2) is 0 Å². The predicted octanol–water partition coefficient (Wildman–Crippen LogP) is 1.30. The molecule has 0 radical (unpaired) electrons. The van der Waals surface area contributed by atoms with Gasteiger partial charge in [-0.2, -0.15) is 5.26 Å². The highest BCUT2D eigenvalue weighted by molar-refractivity contribution is 5.86. The SMILES string of the molecule is CCC/C(C#N)=C(/OC)C(=O)O. The second kappa shape index (κ2) is 5.19. The number of hydrogen-bond donors (Lipinski definition) is 1. The highest BCUT2D eigenvalue weighted by Crippen LogP contribution is 2.10. The summed E-state index contributed by atoms with van der Waals surface area (Å²) in [6.45, 7) is 1.87. The van der Waals surface area contributed by atoms with E-state index in [0.29, 0.717) is 6.42 Å². The average molecular weight is 169 g/mol. The van der Waals surface area contributed by atoms with Gasteiger partial charge in [-0.05, 0) is 6.42 Å². The summed E-state index contributed by atoms with van der Waals surface area (Å²) in [5, 5.41) is 17.1. The maximum Gasteiger partial charge on any atom is 0.372 e. The molecule has 0 saturated carbocycles. The lowest BCUT2D eigenvalue weighted by molar-refractivity contribution is -0.136. The van der Waals surface area contributed by atoms with Crippen molar-refractivity contribution in [3.8, 4) is 6.07 Å². The largest absolute Gasteiger partial charge is 0.489 e. The predicted molar refractivity (Wildman–Crippen MR) is 42.2 cm³/mol. The molecule has 0 bridgehead atoms. The maximum atomic E-state index is 10.5. The minimum absolute atomic E-state index is 0.188. The second-order valence-corrected chi connectivity index (χ2v) is 2.18. The van der Waals surface area contributed by atoms with Crippen LogP contribution in [0.1, 0.15) is 19.8 Å². The van der Waals surface area contributed by atoms with E-state index >= 15 is 0 Å². The Hall–Kier alpha value is -1.50. The van der Waals surface area contributed by atoms with Gasteiger partial charge in [0, 0.05) is 0 Å². The van der Waals surface area contributed by atoms with Crippen molar-refractivity contribution in [1.29, 1.82) is 5.26 Å². The summed E-state index contributed by atoms with van der Waals surface area (Å²) in [5.74, 6) is -1.44. The Kier molecular flexibility index (Phi) is 4.54. The molecule has 0 aromatic heterocycles. The van der Waals surface area contributed by atoms with E-state index in [1.807, 2.05) is 13.0 Å². The zero-order valence-corrected chi connectivity index (χ0v) is 7.13. The topological polar surface area (TPSA) is 70.3 Å². The molecule has 0 aliphatic carbocycles. The van der Waals surface area contributed by atoms with E-state index < -0.39 is 5.97 Å². The zero-order valence-electron chi connectivity index (χ0n) is 7.13. The number of carboxylic acids is 1. The molecular formula is C8H11NO3. The maximum absolute atomic E-state index is 10.5. The standard InChI is InChI=1S/C8H11NO3/c1-3-4-6(5-9)7(12-2)8(10)11/h3-4H2,1-2H3,(H,10,11)/b7-6-. The van der Waals surface area contributed by atoms with Crippen LogP contribution in [0.15, 0.2) is 11.3 Å². The van der Waals surface area contributed by atoms with E-state index in [4.69, 9.17) is 10.4 Å². The van der Waals surface area contributed by atoms with Gasteiger partial charge in [0.1, 0.15) is 0 Å². The Morgan fingerprint density at radius 2 is 2.25 bits per heavy atom. The summed E-state index contributed by atoms with van der Waals surface area (Å²) >= 11 is 0. The van der Waals surface area contributed by atoms with E-state index in [-0.39, 0.29) is 11.3 Å². The van der Waals surface area contributed by atoms with Gasteiger partial charge in [-0.25, -0.2) is 4.79 Å². The van der Waals surface area contributed by atoms with Gasteiger partial charge in [-0.1, -0.05) is 13.3 Å². The average Bonchev–Trinajstić information content (AvgIpc) is 2.03. The fourth-order valence-electron chi connectivity index (χ4n) is 0.810. The first-order valence-electron chi connectivity index (χ1n) is 3.57. The van der Waals surface area contributed by atoms with E-state index in [1.54, 1.807) is 0 Å². The lowest BCUT2D eigenvalue weighted by atomic mass is 10.1. The molecule has 4 nitrogen and oxygen atoms in total. The van der Waals surface area contributed by atoms with Crippen LogP contribution in [0.25, 0.3) is 0 Å². The van der Waals surface area contributed by atoms with Crippen molar-refractivity contribution in [3.05, 3.63) is 11.3 Å². The molecule has 4 heteroatoms. The molecule has 0 aromatic carbocycles. The van der Waals surface area contributed by atoms with Crippen molar-refractivity contribution in [2.75, 3.05) is 7.11 Å². The number of aliphatic carboxylic acids is 1. The fraction of sp³-hybridized carbons (Fsp3) is 0.500. The quantitative estimate of drug-likeness (QED) is 0.391. The Morgan fingerprint density at radius 1 is 1.67 bits per heavy atom. The van der Waals surface area contributed by atoms with Crippen LogP contribution in [-0.4, -0.2) is 18.2 Å². The number of nitrogens with zero attached hydrogens (tertiary/aromatic N) is 1. The molecule has 0 rings (SSSR count). The van der Waals surface area contributed by atoms with Gasteiger partial charge in [0.2, 0.25) is 5.76 Å². The van der Waals surface area contributed by atoms with Gasteiger partial charge in [-0.15, -0.1) is 0 Å². The van der Waals surface area contributed by atoms with Crippen LogP contribution in [0.3, 0.4) is 0 Å². The van der Waals surface area contributed by atoms with Crippen molar-refractivity contribution in [3.63, 3.8) is 0 Å².